The van der Waals surface area contributed by atoms with Gasteiger partial charge in [0.25, 0.3) is 0 Å². The fourth-order valence-electron chi connectivity index (χ4n) is 1.57. The van der Waals surface area contributed by atoms with E-state index in [-0.39, 0.29) is 10.5 Å². The van der Waals surface area contributed by atoms with Gasteiger partial charge in [0, 0.05) is 13.2 Å². The highest BCUT2D eigenvalue weighted by Gasteiger charge is 2.31. The van der Waals surface area contributed by atoms with E-state index < -0.39 is 9.84 Å². The third-order valence-electron chi connectivity index (χ3n) is 2.77. The summed E-state index contributed by atoms with van der Waals surface area (Å²) in [7, 11) is -2.89. The van der Waals surface area contributed by atoms with E-state index in [2.05, 4.69) is 0 Å². The smallest absolute Gasteiger partial charge is 0.155 e. The van der Waals surface area contributed by atoms with E-state index in [1.807, 2.05) is 6.92 Å². The van der Waals surface area contributed by atoms with Crippen LogP contribution < -0.4 is 0 Å². The second kappa shape index (κ2) is 4.42. The first-order chi connectivity index (χ1) is 6.09. The minimum Gasteiger partial charge on any atom is -0.381 e. The molecule has 0 aliphatic carbocycles. The van der Waals surface area contributed by atoms with Gasteiger partial charge < -0.3 is 4.74 Å². The molecule has 0 radical (unpaired) electrons. The van der Waals surface area contributed by atoms with Gasteiger partial charge in [-0.15, -0.1) is 0 Å². The zero-order chi connectivity index (χ0) is 9.90. The highest BCUT2D eigenvalue weighted by molar-refractivity contribution is 7.92. The predicted octanol–water partition coefficient (Wildman–Crippen LogP) is 1.38. The zero-order valence-corrected chi connectivity index (χ0v) is 9.14. The fraction of sp³-hybridized carbons (Fsp3) is 1.00. The molecule has 0 aromatic carbocycles. The second-order valence-corrected chi connectivity index (χ2v) is 6.27. The largest absolute Gasteiger partial charge is 0.381 e. The molecule has 0 amide bonds. The average Bonchev–Trinajstić information content (AvgIpc) is 2.18. The zero-order valence-electron chi connectivity index (χ0n) is 8.32. The topological polar surface area (TPSA) is 43.4 Å². The van der Waals surface area contributed by atoms with Crippen molar-refractivity contribution in [2.45, 2.75) is 43.6 Å². The summed E-state index contributed by atoms with van der Waals surface area (Å²) in [5.74, 6) is 0. The molecule has 1 fully saturated rings. The number of hydrogen-bond acceptors (Lipinski definition) is 3. The van der Waals surface area contributed by atoms with E-state index >= 15 is 0 Å². The van der Waals surface area contributed by atoms with Crippen LogP contribution in [0.3, 0.4) is 0 Å². The van der Waals surface area contributed by atoms with Gasteiger partial charge in [-0.3, -0.25) is 0 Å². The Morgan fingerprint density at radius 1 is 1.38 bits per heavy atom. The van der Waals surface area contributed by atoms with Gasteiger partial charge in [-0.05, 0) is 26.2 Å². The Morgan fingerprint density at radius 3 is 2.38 bits per heavy atom. The van der Waals surface area contributed by atoms with Crippen LogP contribution in [0.5, 0.6) is 0 Å². The van der Waals surface area contributed by atoms with Crippen molar-refractivity contribution in [3.05, 3.63) is 0 Å². The van der Waals surface area contributed by atoms with Crippen LogP contribution in [0.1, 0.15) is 33.1 Å². The van der Waals surface area contributed by atoms with E-state index in [0.717, 1.165) is 0 Å². The van der Waals surface area contributed by atoms with Gasteiger partial charge in [0.1, 0.15) is 0 Å². The number of ether oxygens (including phenoxy) is 1. The molecular weight excluding hydrogens is 188 g/mol. The van der Waals surface area contributed by atoms with Crippen LogP contribution in [-0.4, -0.2) is 32.1 Å². The van der Waals surface area contributed by atoms with Crippen LogP contribution in [0, 0.1) is 0 Å². The Morgan fingerprint density at radius 2 is 1.92 bits per heavy atom. The SMILES string of the molecule is CCC(C)S(=O)(=O)C1CCOCC1. The number of sulfone groups is 1. The average molecular weight is 206 g/mol. The van der Waals surface area contributed by atoms with Gasteiger partial charge in [-0.25, -0.2) is 8.42 Å². The van der Waals surface area contributed by atoms with Gasteiger partial charge >= 0.3 is 0 Å². The number of hydrogen-bond donors (Lipinski definition) is 0. The van der Waals surface area contributed by atoms with E-state index in [1.165, 1.54) is 0 Å². The van der Waals surface area contributed by atoms with E-state index in [1.54, 1.807) is 6.92 Å². The minimum atomic E-state index is -2.89. The van der Waals surface area contributed by atoms with Crippen molar-refractivity contribution in [1.29, 1.82) is 0 Å². The minimum absolute atomic E-state index is 0.156. The molecule has 1 aliphatic rings. The Kier molecular flexibility index (Phi) is 3.74. The summed E-state index contributed by atoms with van der Waals surface area (Å²) in [5.41, 5.74) is 0. The van der Waals surface area contributed by atoms with E-state index in [0.29, 0.717) is 32.5 Å². The van der Waals surface area contributed by atoms with Crippen LogP contribution in [0.4, 0.5) is 0 Å². The van der Waals surface area contributed by atoms with Crippen molar-refractivity contribution in [2.75, 3.05) is 13.2 Å². The highest BCUT2D eigenvalue weighted by atomic mass is 32.2. The van der Waals surface area contributed by atoms with Crippen molar-refractivity contribution in [2.24, 2.45) is 0 Å². The summed E-state index contributed by atoms with van der Waals surface area (Å²) in [6.07, 6.45) is 2.05. The monoisotopic (exact) mass is 206 g/mol. The molecule has 1 saturated heterocycles. The molecule has 4 heteroatoms. The first-order valence-corrected chi connectivity index (χ1v) is 6.50. The molecule has 78 valence electrons. The molecule has 1 rings (SSSR count). The summed E-state index contributed by atoms with van der Waals surface area (Å²) in [6, 6.07) is 0. The first-order valence-electron chi connectivity index (χ1n) is 4.89. The summed E-state index contributed by atoms with van der Waals surface area (Å²) in [5, 5.41) is -0.355. The molecule has 0 saturated carbocycles. The Hall–Kier alpha value is -0.0900. The van der Waals surface area contributed by atoms with E-state index in [9.17, 15) is 8.42 Å². The first kappa shape index (κ1) is 11.0. The third kappa shape index (κ3) is 2.44. The Balaban J connectivity index is 2.67. The van der Waals surface area contributed by atoms with Crippen molar-refractivity contribution in [3.63, 3.8) is 0 Å². The molecule has 0 bridgehead atoms. The lowest BCUT2D eigenvalue weighted by Crippen LogP contribution is -2.34. The van der Waals surface area contributed by atoms with Crippen LogP contribution in [0.25, 0.3) is 0 Å². The third-order valence-corrected chi connectivity index (χ3v) is 5.62. The van der Waals surface area contributed by atoms with Gasteiger partial charge in [-0.2, -0.15) is 0 Å². The second-order valence-electron chi connectivity index (χ2n) is 3.62. The quantitative estimate of drug-likeness (QED) is 0.700. The van der Waals surface area contributed by atoms with Gasteiger partial charge in [-0.1, -0.05) is 6.92 Å². The van der Waals surface area contributed by atoms with Crippen LogP contribution in [0.15, 0.2) is 0 Å². The van der Waals surface area contributed by atoms with Crippen molar-refractivity contribution in [1.82, 2.24) is 0 Å². The molecule has 0 aromatic rings. The molecule has 13 heavy (non-hydrogen) atoms. The van der Waals surface area contributed by atoms with E-state index in [4.69, 9.17) is 4.74 Å². The standard InChI is InChI=1S/C9H18O3S/c1-3-8(2)13(10,11)9-4-6-12-7-5-9/h8-9H,3-7H2,1-2H3. The molecule has 1 aliphatic heterocycles. The maximum absolute atomic E-state index is 11.9. The lowest BCUT2D eigenvalue weighted by atomic mass is 10.2. The summed E-state index contributed by atoms with van der Waals surface area (Å²) in [4.78, 5) is 0. The van der Waals surface area contributed by atoms with Crippen LogP contribution in [0.2, 0.25) is 0 Å². The molecule has 0 aromatic heterocycles. The summed E-state index contributed by atoms with van der Waals surface area (Å²) < 4.78 is 28.9. The van der Waals surface area contributed by atoms with Crippen molar-refractivity contribution >= 4 is 9.84 Å². The Bertz CT molecular complexity index is 240. The van der Waals surface area contributed by atoms with Gasteiger partial charge in [0.05, 0.1) is 10.5 Å². The van der Waals surface area contributed by atoms with Crippen molar-refractivity contribution in [3.8, 4) is 0 Å². The van der Waals surface area contributed by atoms with Gasteiger partial charge in [0.2, 0.25) is 0 Å². The molecule has 3 nitrogen and oxygen atoms in total. The van der Waals surface area contributed by atoms with Crippen molar-refractivity contribution < 1.29 is 13.2 Å². The summed E-state index contributed by atoms with van der Waals surface area (Å²) >= 11 is 0. The molecule has 1 unspecified atom stereocenters. The lowest BCUT2D eigenvalue weighted by Gasteiger charge is -2.24. The molecule has 0 spiro atoms. The fourth-order valence-corrected chi connectivity index (χ4v) is 3.54. The van der Waals surface area contributed by atoms with Crippen LogP contribution >= 0.6 is 0 Å². The molecule has 1 atom stereocenters. The number of rotatable bonds is 3. The maximum Gasteiger partial charge on any atom is 0.155 e. The lowest BCUT2D eigenvalue weighted by molar-refractivity contribution is 0.0982. The van der Waals surface area contributed by atoms with Crippen LogP contribution in [-0.2, 0) is 14.6 Å². The maximum atomic E-state index is 11.9. The Labute approximate surface area is 80.4 Å². The molecule has 0 N–H and O–H groups in total. The van der Waals surface area contributed by atoms with Gasteiger partial charge in [0.15, 0.2) is 9.84 Å². The predicted molar refractivity (Wildman–Crippen MR) is 52.5 cm³/mol. The highest BCUT2D eigenvalue weighted by Crippen LogP contribution is 2.21. The molecule has 1 heterocycles. The molecular formula is C9H18O3S. The summed E-state index contributed by atoms with van der Waals surface area (Å²) in [6.45, 7) is 4.91. The normalized spacial score (nSPS) is 22.9.